The van der Waals surface area contributed by atoms with E-state index < -0.39 is 0 Å². The van der Waals surface area contributed by atoms with Crippen molar-refractivity contribution >= 4 is 28.5 Å². The molecule has 1 aliphatic heterocycles. The third kappa shape index (κ3) is 5.43. The van der Waals surface area contributed by atoms with Gasteiger partial charge in [0.2, 0.25) is 5.13 Å². The van der Waals surface area contributed by atoms with Gasteiger partial charge in [0.25, 0.3) is 0 Å². The summed E-state index contributed by atoms with van der Waals surface area (Å²) in [7, 11) is 1.35. The van der Waals surface area contributed by atoms with E-state index in [2.05, 4.69) is 20.3 Å². The fraction of sp³-hybridized carbons (Fsp3) is 0.714. The van der Waals surface area contributed by atoms with Crippen molar-refractivity contribution in [2.45, 2.75) is 26.2 Å². The van der Waals surface area contributed by atoms with Gasteiger partial charge in [0.05, 0.1) is 20.1 Å². The van der Waals surface area contributed by atoms with Crippen LogP contribution in [0.1, 0.15) is 24.8 Å². The first-order chi connectivity index (χ1) is 11.1. The van der Waals surface area contributed by atoms with Crippen LogP contribution in [0.2, 0.25) is 0 Å². The Balaban J connectivity index is 1.83. The van der Waals surface area contributed by atoms with E-state index in [4.69, 9.17) is 4.74 Å². The van der Waals surface area contributed by atoms with Gasteiger partial charge in [-0.2, -0.15) is 0 Å². The monoisotopic (exact) mass is 342 g/mol. The molecule has 128 valence electrons. The van der Waals surface area contributed by atoms with E-state index in [0.29, 0.717) is 42.2 Å². The molecule has 0 radical (unpaired) electrons. The molecule has 1 saturated heterocycles. The Bertz CT molecular complexity index is 531. The number of rotatable bonds is 7. The number of aromatic nitrogens is 2. The van der Waals surface area contributed by atoms with Gasteiger partial charge in [0.1, 0.15) is 5.01 Å². The van der Waals surface area contributed by atoms with Gasteiger partial charge in [-0.15, -0.1) is 10.2 Å². The van der Waals surface area contributed by atoms with Crippen LogP contribution < -0.4 is 5.32 Å². The van der Waals surface area contributed by atoms with E-state index in [9.17, 15) is 9.59 Å². The number of nitrogens with one attached hydrogen (secondary N) is 1. The van der Waals surface area contributed by atoms with E-state index >= 15 is 0 Å². The minimum atomic E-state index is -0.290. The highest BCUT2D eigenvalue weighted by molar-refractivity contribution is 7.15. The average Bonchev–Trinajstić information content (AvgIpc) is 3.21. The van der Waals surface area contributed by atoms with E-state index in [1.807, 2.05) is 6.92 Å². The molecule has 1 aromatic rings. The molecule has 2 rings (SSSR count). The number of nitrogens with zero attached hydrogens (tertiary/aromatic N) is 3. The van der Waals surface area contributed by atoms with Gasteiger partial charge in [-0.1, -0.05) is 11.3 Å². The van der Waals surface area contributed by atoms with Crippen LogP contribution in [0, 0.1) is 5.92 Å². The second-order valence-electron chi connectivity index (χ2n) is 5.28. The minimum Gasteiger partial charge on any atom is -0.469 e. The van der Waals surface area contributed by atoms with Crippen LogP contribution in [0.15, 0.2) is 0 Å². The van der Waals surface area contributed by atoms with Crippen molar-refractivity contribution in [2.24, 2.45) is 5.92 Å². The van der Waals surface area contributed by atoms with Gasteiger partial charge < -0.3 is 14.4 Å². The second-order valence-corrected chi connectivity index (χ2v) is 6.34. The molecule has 0 saturated carbocycles. The van der Waals surface area contributed by atoms with Crippen molar-refractivity contribution in [1.82, 2.24) is 15.1 Å². The normalized spacial score (nSPS) is 17.0. The zero-order valence-electron chi connectivity index (χ0n) is 13.4. The van der Waals surface area contributed by atoms with E-state index in [-0.39, 0.29) is 18.4 Å². The van der Waals surface area contributed by atoms with Crippen molar-refractivity contribution in [3.05, 3.63) is 5.01 Å². The highest BCUT2D eigenvalue weighted by Gasteiger charge is 2.22. The van der Waals surface area contributed by atoms with Gasteiger partial charge in [-0.3, -0.25) is 10.1 Å². The third-order valence-electron chi connectivity index (χ3n) is 3.62. The first-order valence-corrected chi connectivity index (χ1v) is 8.46. The highest BCUT2D eigenvalue weighted by Crippen LogP contribution is 2.18. The van der Waals surface area contributed by atoms with Crippen molar-refractivity contribution in [2.75, 3.05) is 38.7 Å². The molecule has 0 bridgehead atoms. The molecule has 2 amide bonds. The first-order valence-electron chi connectivity index (χ1n) is 7.65. The molecule has 0 aliphatic carbocycles. The molecule has 1 fully saturated rings. The summed E-state index contributed by atoms with van der Waals surface area (Å²) in [5.74, 6) is 0.104. The predicted molar refractivity (Wildman–Crippen MR) is 85.4 cm³/mol. The minimum absolute atomic E-state index is 0.185. The number of anilines is 1. The van der Waals surface area contributed by atoms with Gasteiger partial charge in [0, 0.05) is 32.0 Å². The number of carbonyl (C=O) groups is 2. The van der Waals surface area contributed by atoms with Crippen LogP contribution in [0.5, 0.6) is 0 Å². The molecule has 23 heavy (non-hydrogen) atoms. The number of urea groups is 1. The molecule has 0 spiro atoms. The molecular weight excluding hydrogens is 320 g/mol. The highest BCUT2D eigenvalue weighted by atomic mass is 32.1. The largest absolute Gasteiger partial charge is 0.469 e. The lowest BCUT2D eigenvalue weighted by Gasteiger charge is -2.23. The Kier molecular flexibility index (Phi) is 6.72. The molecule has 1 N–H and O–H groups in total. The van der Waals surface area contributed by atoms with Gasteiger partial charge >= 0.3 is 12.0 Å². The summed E-state index contributed by atoms with van der Waals surface area (Å²) in [6.45, 7) is 4.72. The smallest absolute Gasteiger partial charge is 0.323 e. The van der Waals surface area contributed by atoms with Crippen LogP contribution in [-0.2, 0) is 20.7 Å². The summed E-state index contributed by atoms with van der Waals surface area (Å²) in [4.78, 5) is 25.1. The van der Waals surface area contributed by atoms with Gasteiger partial charge in [-0.25, -0.2) is 4.79 Å². The number of aryl methyl sites for hydroxylation is 1. The predicted octanol–water partition coefficient (Wildman–Crippen LogP) is 1.53. The average molecular weight is 342 g/mol. The molecule has 9 heteroatoms. The van der Waals surface area contributed by atoms with Gasteiger partial charge in [0.15, 0.2) is 0 Å². The summed E-state index contributed by atoms with van der Waals surface area (Å²) in [5, 5.41) is 11.8. The van der Waals surface area contributed by atoms with Crippen molar-refractivity contribution < 1.29 is 19.1 Å². The van der Waals surface area contributed by atoms with Crippen molar-refractivity contribution in [1.29, 1.82) is 0 Å². The topological polar surface area (TPSA) is 93.6 Å². The summed E-state index contributed by atoms with van der Waals surface area (Å²) < 4.78 is 9.93. The Morgan fingerprint density at radius 3 is 2.96 bits per heavy atom. The SMILES string of the molecule is CCN(C[C@H]1CCOC1)C(=O)Nc1nnc(CCC(=O)OC)s1. The van der Waals surface area contributed by atoms with Crippen LogP contribution in [0.25, 0.3) is 0 Å². The van der Waals surface area contributed by atoms with Crippen molar-refractivity contribution in [3.63, 3.8) is 0 Å². The number of carbonyl (C=O) groups excluding carboxylic acids is 2. The summed E-state index contributed by atoms with van der Waals surface area (Å²) >= 11 is 1.27. The Morgan fingerprint density at radius 1 is 1.48 bits per heavy atom. The lowest BCUT2D eigenvalue weighted by atomic mass is 10.1. The summed E-state index contributed by atoms with van der Waals surface area (Å²) in [6.07, 6.45) is 1.69. The fourth-order valence-electron chi connectivity index (χ4n) is 2.28. The number of esters is 1. The molecule has 8 nitrogen and oxygen atoms in total. The summed E-state index contributed by atoms with van der Waals surface area (Å²) in [6, 6.07) is -0.185. The van der Waals surface area contributed by atoms with Crippen LogP contribution in [-0.4, -0.2) is 60.5 Å². The zero-order valence-corrected chi connectivity index (χ0v) is 14.2. The first kappa shape index (κ1) is 17.6. The fourth-order valence-corrected chi connectivity index (χ4v) is 3.01. The molecule has 1 aliphatic rings. The maximum Gasteiger partial charge on any atom is 0.323 e. The maximum atomic E-state index is 12.3. The number of hydrogen-bond donors (Lipinski definition) is 1. The molecule has 1 atom stereocenters. The molecule has 1 aromatic heterocycles. The number of ether oxygens (including phenoxy) is 2. The molecular formula is C14H22N4O4S. The number of methoxy groups -OCH3 is 1. The Morgan fingerprint density at radius 2 is 2.30 bits per heavy atom. The third-order valence-corrected chi connectivity index (χ3v) is 4.52. The number of hydrogen-bond acceptors (Lipinski definition) is 7. The molecule has 2 heterocycles. The molecule has 0 aromatic carbocycles. The summed E-state index contributed by atoms with van der Waals surface area (Å²) in [5.41, 5.74) is 0. The Hall–Kier alpha value is -1.74. The quantitative estimate of drug-likeness (QED) is 0.755. The molecule has 0 unspecified atom stereocenters. The lowest BCUT2D eigenvalue weighted by Crippen LogP contribution is -2.38. The van der Waals surface area contributed by atoms with Crippen molar-refractivity contribution in [3.8, 4) is 0 Å². The van der Waals surface area contributed by atoms with E-state index in [1.54, 1.807) is 4.90 Å². The van der Waals surface area contributed by atoms with E-state index in [0.717, 1.165) is 13.0 Å². The second kappa shape index (κ2) is 8.78. The number of amides is 2. The zero-order chi connectivity index (χ0) is 16.7. The van der Waals surface area contributed by atoms with E-state index in [1.165, 1.54) is 18.4 Å². The van der Waals surface area contributed by atoms with Crippen LogP contribution >= 0.6 is 11.3 Å². The van der Waals surface area contributed by atoms with Crippen LogP contribution in [0.4, 0.5) is 9.93 Å². The van der Waals surface area contributed by atoms with Gasteiger partial charge in [-0.05, 0) is 13.3 Å². The van der Waals surface area contributed by atoms with Crippen LogP contribution in [0.3, 0.4) is 0 Å². The lowest BCUT2D eigenvalue weighted by molar-refractivity contribution is -0.140. The Labute approximate surface area is 139 Å². The maximum absolute atomic E-state index is 12.3. The standard InChI is InChI=1S/C14H22N4O4S/c1-3-18(8-10-6-7-22-9-10)14(20)15-13-17-16-11(23-13)4-5-12(19)21-2/h10H,3-9H2,1-2H3,(H,15,17,20)/t10-/m1/s1.